The number of hydrogen-bond acceptors (Lipinski definition) is 5. The molecule has 0 saturated carbocycles. The topological polar surface area (TPSA) is 108 Å². The Morgan fingerprint density at radius 2 is 1.51 bits per heavy atom. The van der Waals surface area contributed by atoms with Gasteiger partial charge < -0.3 is 25.4 Å². The lowest BCUT2D eigenvalue weighted by Gasteiger charge is -2.45. The Balaban J connectivity index is 2.69. The van der Waals surface area contributed by atoms with Gasteiger partial charge >= 0.3 is 6.09 Å². The SMILES string of the molecule is CCC(C)(C)N(C(=O)C(NC(=O)OC(C)(C)C)C(C)C)C(C(=O)Nc1c(C)cccc1C)c1ccccc1O. The van der Waals surface area contributed by atoms with Crippen LogP contribution in [0.1, 0.15) is 84.5 Å². The summed E-state index contributed by atoms with van der Waals surface area (Å²) >= 11 is 0. The van der Waals surface area contributed by atoms with E-state index in [1.165, 1.54) is 11.0 Å². The number of nitrogens with zero attached hydrogens (tertiary/aromatic N) is 1. The van der Waals surface area contributed by atoms with E-state index in [0.29, 0.717) is 12.1 Å². The van der Waals surface area contributed by atoms with Crippen molar-refractivity contribution in [3.63, 3.8) is 0 Å². The van der Waals surface area contributed by atoms with Crippen LogP contribution in [0, 0.1) is 19.8 Å². The zero-order valence-electron chi connectivity index (χ0n) is 25.0. The molecule has 0 saturated heterocycles. The summed E-state index contributed by atoms with van der Waals surface area (Å²) in [5.74, 6) is -1.34. The minimum Gasteiger partial charge on any atom is -0.508 e. The summed E-state index contributed by atoms with van der Waals surface area (Å²) in [6.45, 7) is 18.4. The molecule has 0 aliphatic heterocycles. The summed E-state index contributed by atoms with van der Waals surface area (Å²) in [4.78, 5) is 42.8. The molecule has 8 heteroatoms. The van der Waals surface area contributed by atoms with E-state index in [1.807, 2.05) is 66.7 Å². The maximum Gasteiger partial charge on any atom is 0.408 e. The third-order valence-electron chi connectivity index (χ3n) is 6.83. The third-order valence-corrected chi connectivity index (χ3v) is 6.83. The molecule has 0 heterocycles. The number of phenolic OH excluding ortho intramolecular Hbond substituents is 1. The monoisotopic (exact) mass is 539 g/mol. The number of amides is 3. The van der Waals surface area contributed by atoms with Crippen molar-refractivity contribution in [2.75, 3.05) is 5.32 Å². The van der Waals surface area contributed by atoms with Gasteiger partial charge in [0, 0.05) is 16.8 Å². The van der Waals surface area contributed by atoms with Crippen LogP contribution in [-0.2, 0) is 14.3 Å². The van der Waals surface area contributed by atoms with E-state index in [9.17, 15) is 19.5 Å². The second-order valence-electron chi connectivity index (χ2n) is 12.0. The Morgan fingerprint density at radius 3 is 2.00 bits per heavy atom. The molecule has 0 bridgehead atoms. The highest BCUT2D eigenvalue weighted by Crippen LogP contribution is 2.37. The van der Waals surface area contributed by atoms with Crippen LogP contribution in [0.5, 0.6) is 5.75 Å². The number of rotatable bonds is 9. The highest BCUT2D eigenvalue weighted by Gasteiger charge is 2.44. The largest absolute Gasteiger partial charge is 0.508 e. The molecule has 8 nitrogen and oxygen atoms in total. The van der Waals surface area contributed by atoms with E-state index in [2.05, 4.69) is 10.6 Å². The van der Waals surface area contributed by atoms with Gasteiger partial charge in [0.2, 0.25) is 5.91 Å². The predicted octanol–water partition coefficient (Wildman–Crippen LogP) is 6.26. The van der Waals surface area contributed by atoms with Gasteiger partial charge in [0.15, 0.2) is 0 Å². The van der Waals surface area contributed by atoms with Crippen molar-refractivity contribution in [2.45, 2.75) is 98.9 Å². The lowest BCUT2D eigenvalue weighted by molar-refractivity contribution is -0.148. The molecule has 2 aromatic rings. The summed E-state index contributed by atoms with van der Waals surface area (Å²) < 4.78 is 5.44. The van der Waals surface area contributed by atoms with E-state index < -0.39 is 41.1 Å². The molecular formula is C31H45N3O5. The Hall–Kier alpha value is -3.55. The van der Waals surface area contributed by atoms with Crippen LogP contribution in [0.25, 0.3) is 0 Å². The number of hydrogen-bond donors (Lipinski definition) is 3. The van der Waals surface area contributed by atoms with Crippen LogP contribution in [0.4, 0.5) is 10.5 Å². The van der Waals surface area contributed by atoms with Gasteiger partial charge in [-0.05, 0) is 78.0 Å². The van der Waals surface area contributed by atoms with Crippen molar-refractivity contribution in [1.29, 1.82) is 0 Å². The summed E-state index contributed by atoms with van der Waals surface area (Å²) in [7, 11) is 0. The average Bonchev–Trinajstić information content (AvgIpc) is 2.82. The minimum atomic E-state index is -1.19. The number of alkyl carbamates (subject to hydrolysis) is 1. The number of aryl methyl sites for hydroxylation is 2. The first-order valence-corrected chi connectivity index (χ1v) is 13.5. The second kappa shape index (κ2) is 12.5. The molecule has 39 heavy (non-hydrogen) atoms. The average molecular weight is 540 g/mol. The smallest absolute Gasteiger partial charge is 0.408 e. The van der Waals surface area contributed by atoms with Crippen molar-refractivity contribution >= 4 is 23.6 Å². The van der Waals surface area contributed by atoms with Crippen molar-refractivity contribution in [3.8, 4) is 5.75 Å². The van der Waals surface area contributed by atoms with E-state index in [0.717, 1.165) is 11.1 Å². The van der Waals surface area contributed by atoms with Gasteiger partial charge in [-0.2, -0.15) is 0 Å². The molecule has 2 aromatic carbocycles. The van der Waals surface area contributed by atoms with E-state index >= 15 is 0 Å². The fourth-order valence-corrected chi connectivity index (χ4v) is 4.36. The summed E-state index contributed by atoms with van der Waals surface area (Å²) in [6, 6.07) is 10.1. The Morgan fingerprint density at radius 1 is 0.949 bits per heavy atom. The highest BCUT2D eigenvalue weighted by molar-refractivity contribution is 6.00. The number of carbonyl (C=O) groups is 3. The molecule has 214 valence electrons. The Kier molecular flexibility index (Phi) is 10.2. The number of aromatic hydroxyl groups is 1. The van der Waals surface area contributed by atoms with E-state index in [4.69, 9.17) is 4.74 Å². The van der Waals surface area contributed by atoms with Gasteiger partial charge in [-0.1, -0.05) is 57.2 Å². The first-order chi connectivity index (χ1) is 18.0. The number of benzene rings is 2. The quantitative estimate of drug-likeness (QED) is 0.349. The molecule has 0 aliphatic rings. The molecule has 2 atom stereocenters. The fourth-order valence-electron chi connectivity index (χ4n) is 4.36. The standard InChI is InChI=1S/C31H45N3O5/c1-11-31(9,10)34(28(37)24(19(2)3)33-29(38)39-30(6,7)8)26(22-17-12-13-18-23(22)35)27(36)32-25-20(4)15-14-16-21(25)5/h12-19,24,26,35H,11H2,1-10H3,(H,32,36)(H,33,38). The molecule has 2 rings (SSSR count). The van der Waals surface area contributed by atoms with Gasteiger partial charge in [0.05, 0.1) is 0 Å². The molecule has 0 fully saturated rings. The molecule has 0 aliphatic carbocycles. The number of anilines is 1. The number of para-hydroxylation sites is 2. The molecule has 2 unspecified atom stereocenters. The maximum absolute atomic E-state index is 14.4. The minimum absolute atomic E-state index is 0.106. The van der Waals surface area contributed by atoms with Crippen LogP contribution in [0.3, 0.4) is 0 Å². The number of carbonyl (C=O) groups excluding carboxylic acids is 3. The van der Waals surface area contributed by atoms with Crippen molar-refractivity contribution in [3.05, 3.63) is 59.2 Å². The van der Waals surface area contributed by atoms with Gasteiger partial charge in [-0.25, -0.2) is 4.79 Å². The Labute approximate surface area is 233 Å². The predicted molar refractivity (Wildman–Crippen MR) is 155 cm³/mol. The maximum atomic E-state index is 14.4. The molecule has 0 aromatic heterocycles. The van der Waals surface area contributed by atoms with Gasteiger partial charge in [0.1, 0.15) is 23.4 Å². The van der Waals surface area contributed by atoms with Crippen LogP contribution in [0.15, 0.2) is 42.5 Å². The van der Waals surface area contributed by atoms with E-state index in [1.54, 1.807) is 39.0 Å². The second-order valence-corrected chi connectivity index (χ2v) is 12.0. The Bertz CT molecular complexity index is 1160. The number of ether oxygens (including phenoxy) is 1. The molecule has 0 spiro atoms. The van der Waals surface area contributed by atoms with Crippen LogP contribution in [-0.4, -0.2) is 45.1 Å². The summed E-state index contributed by atoms with van der Waals surface area (Å²) in [6.07, 6.45) is -0.209. The zero-order chi connectivity index (χ0) is 29.7. The van der Waals surface area contributed by atoms with Crippen LogP contribution < -0.4 is 10.6 Å². The van der Waals surface area contributed by atoms with Gasteiger partial charge in [-0.15, -0.1) is 0 Å². The number of nitrogens with one attached hydrogen (secondary N) is 2. The zero-order valence-corrected chi connectivity index (χ0v) is 25.0. The number of phenols is 1. The van der Waals surface area contributed by atoms with Crippen LogP contribution >= 0.6 is 0 Å². The molecule has 3 amide bonds. The van der Waals surface area contributed by atoms with Crippen molar-refractivity contribution in [2.24, 2.45) is 5.92 Å². The first kappa shape index (κ1) is 31.7. The highest BCUT2D eigenvalue weighted by atomic mass is 16.6. The summed E-state index contributed by atoms with van der Waals surface area (Å²) in [5, 5.41) is 16.6. The van der Waals surface area contributed by atoms with Crippen molar-refractivity contribution in [1.82, 2.24) is 10.2 Å². The summed E-state index contributed by atoms with van der Waals surface area (Å²) in [5.41, 5.74) is 1.11. The van der Waals surface area contributed by atoms with Gasteiger partial charge in [-0.3, -0.25) is 9.59 Å². The third kappa shape index (κ3) is 7.97. The normalized spacial score (nSPS) is 13.4. The van der Waals surface area contributed by atoms with Gasteiger partial charge in [0.25, 0.3) is 5.91 Å². The lowest BCUT2D eigenvalue weighted by Crippen LogP contribution is -2.60. The fraction of sp³-hybridized carbons (Fsp3) is 0.516. The lowest BCUT2D eigenvalue weighted by atomic mass is 9.90. The first-order valence-electron chi connectivity index (χ1n) is 13.5. The van der Waals surface area contributed by atoms with E-state index in [-0.39, 0.29) is 17.2 Å². The molecule has 0 radical (unpaired) electrons. The van der Waals surface area contributed by atoms with Crippen LogP contribution in [0.2, 0.25) is 0 Å². The molecular weight excluding hydrogens is 494 g/mol. The molecule has 3 N–H and O–H groups in total. The van der Waals surface area contributed by atoms with Crippen molar-refractivity contribution < 1.29 is 24.2 Å².